The van der Waals surface area contributed by atoms with Crippen molar-refractivity contribution >= 4 is 18.9 Å². The van der Waals surface area contributed by atoms with Crippen LogP contribution in [0, 0.1) is 0 Å². The normalized spacial score (nSPS) is 27.6. The van der Waals surface area contributed by atoms with Gasteiger partial charge in [0.2, 0.25) is 0 Å². The molecule has 0 amide bonds. The van der Waals surface area contributed by atoms with Crippen LogP contribution in [0.1, 0.15) is 12.8 Å². The standard InChI is InChI=1S/C8H10BClF2/c10-8(6-7-9(11)12)4-2-1-3-5-8/h1-4H,5-7H2. The Balaban J connectivity index is 2.39. The van der Waals surface area contributed by atoms with Crippen LogP contribution in [0.15, 0.2) is 24.3 Å². The van der Waals surface area contributed by atoms with Crippen molar-refractivity contribution < 1.29 is 8.63 Å². The van der Waals surface area contributed by atoms with Gasteiger partial charge >= 0.3 is 7.27 Å². The van der Waals surface area contributed by atoms with Crippen molar-refractivity contribution in [2.24, 2.45) is 0 Å². The van der Waals surface area contributed by atoms with Gasteiger partial charge in [-0.05, 0) is 19.2 Å². The van der Waals surface area contributed by atoms with Gasteiger partial charge in [-0.15, -0.1) is 11.6 Å². The fourth-order valence-electron chi connectivity index (χ4n) is 1.17. The van der Waals surface area contributed by atoms with Gasteiger partial charge in [0.05, 0.1) is 4.87 Å². The Bertz CT molecular complexity index is 203. The third-order valence-corrected chi connectivity index (χ3v) is 2.35. The minimum atomic E-state index is -2.25. The van der Waals surface area contributed by atoms with Gasteiger partial charge in [0.25, 0.3) is 0 Å². The molecule has 0 N–H and O–H groups in total. The lowest BCUT2D eigenvalue weighted by molar-refractivity contribution is 0.603. The summed E-state index contributed by atoms with van der Waals surface area (Å²) in [6, 6.07) is 0. The van der Waals surface area contributed by atoms with Gasteiger partial charge in [0.1, 0.15) is 0 Å². The molecule has 4 heteroatoms. The van der Waals surface area contributed by atoms with Crippen LogP contribution in [-0.2, 0) is 0 Å². The molecule has 0 spiro atoms. The predicted octanol–water partition coefficient (Wildman–Crippen LogP) is 3.30. The maximum Gasteiger partial charge on any atom is 0.538 e. The number of halogens is 3. The summed E-state index contributed by atoms with van der Waals surface area (Å²) in [4.78, 5) is -0.564. The third-order valence-electron chi connectivity index (χ3n) is 1.88. The van der Waals surface area contributed by atoms with E-state index in [-0.39, 0.29) is 6.32 Å². The first kappa shape index (κ1) is 9.78. The van der Waals surface area contributed by atoms with E-state index in [0.29, 0.717) is 12.8 Å². The van der Waals surface area contributed by atoms with Crippen LogP contribution in [0.4, 0.5) is 8.63 Å². The van der Waals surface area contributed by atoms with Gasteiger partial charge in [0, 0.05) is 0 Å². The number of rotatable bonds is 3. The van der Waals surface area contributed by atoms with Gasteiger partial charge in [0.15, 0.2) is 0 Å². The quantitative estimate of drug-likeness (QED) is 0.473. The van der Waals surface area contributed by atoms with Crippen molar-refractivity contribution in [1.29, 1.82) is 0 Å². The zero-order valence-electron chi connectivity index (χ0n) is 6.64. The molecule has 1 unspecified atom stereocenters. The number of hydrogen-bond donors (Lipinski definition) is 0. The average Bonchev–Trinajstić information content (AvgIpc) is 2.03. The van der Waals surface area contributed by atoms with E-state index in [1.807, 2.05) is 18.2 Å². The molecule has 1 rings (SSSR count). The highest BCUT2D eigenvalue weighted by Gasteiger charge is 2.26. The molecule has 1 aliphatic rings. The largest absolute Gasteiger partial charge is 0.538 e. The smallest absolute Gasteiger partial charge is 0.287 e. The van der Waals surface area contributed by atoms with E-state index in [1.54, 1.807) is 6.08 Å². The molecule has 66 valence electrons. The highest BCUT2D eigenvalue weighted by molar-refractivity contribution is 6.42. The number of allylic oxidation sites excluding steroid dienone is 4. The summed E-state index contributed by atoms with van der Waals surface area (Å²) < 4.78 is 23.7. The summed E-state index contributed by atoms with van der Waals surface area (Å²) >= 11 is 6.05. The summed E-state index contributed by atoms with van der Waals surface area (Å²) in [5, 5.41) is 0. The van der Waals surface area contributed by atoms with Crippen LogP contribution >= 0.6 is 11.6 Å². The van der Waals surface area contributed by atoms with Crippen molar-refractivity contribution in [2.75, 3.05) is 0 Å². The highest BCUT2D eigenvalue weighted by Crippen LogP contribution is 2.31. The van der Waals surface area contributed by atoms with Crippen molar-refractivity contribution in [1.82, 2.24) is 0 Å². The fourth-order valence-corrected chi connectivity index (χ4v) is 1.44. The molecule has 0 nitrogen and oxygen atoms in total. The maximum absolute atomic E-state index is 11.9. The van der Waals surface area contributed by atoms with Crippen molar-refractivity contribution in [3.63, 3.8) is 0 Å². The molecule has 0 saturated carbocycles. The van der Waals surface area contributed by atoms with Crippen molar-refractivity contribution in [2.45, 2.75) is 24.0 Å². The molecule has 1 atom stereocenters. The fraction of sp³-hybridized carbons (Fsp3) is 0.500. The van der Waals surface area contributed by atoms with Crippen LogP contribution in [0.3, 0.4) is 0 Å². The summed E-state index contributed by atoms with van der Waals surface area (Å²) in [6.07, 6.45) is 8.24. The number of alkyl halides is 1. The topological polar surface area (TPSA) is 0 Å². The van der Waals surface area contributed by atoms with E-state index in [9.17, 15) is 8.63 Å². The molecule has 12 heavy (non-hydrogen) atoms. The Morgan fingerprint density at radius 3 is 2.67 bits per heavy atom. The molecule has 1 aliphatic carbocycles. The van der Waals surface area contributed by atoms with Crippen molar-refractivity contribution in [3.8, 4) is 0 Å². The second-order valence-electron chi connectivity index (χ2n) is 2.96. The molecular weight excluding hydrogens is 180 g/mol. The second-order valence-corrected chi connectivity index (χ2v) is 3.71. The average molecular weight is 190 g/mol. The van der Waals surface area contributed by atoms with Gasteiger partial charge in [-0.1, -0.05) is 24.3 Å². The van der Waals surface area contributed by atoms with E-state index >= 15 is 0 Å². The van der Waals surface area contributed by atoms with E-state index < -0.39 is 12.1 Å². The Morgan fingerprint density at radius 2 is 2.17 bits per heavy atom. The first-order chi connectivity index (χ1) is 5.62. The summed E-state index contributed by atoms with van der Waals surface area (Å²) in [6.45, 7) is 0. The number of hydrogen-bond acceptors (Lipinski definition) is 0. The van der Waals surface area contributed by atoms with Gasteiger partial charge in [-0.3, -0.25) is 8.63 Å². The molecule has 0 radical (unpaired) electrons. The molecule has 0 heterocycles. The Morgan fingerprint density at radius 1 is 1.42 bits per heavy atom. The zero-order chi connectivity index (χ0) is 9.03. The Hall–Kier alpha value is -0.305. The Labute approximate surface area is 76.5 Å². The van der Waals surface area contributed by atoms with Gasteiger partial charge < -0.3 is 0 Å². The molecular formula is C8H10BClF2. The second kappa shape index (κ2) is 4.08. The van der Waals surface area contributed by atoms with E-state index in [0.717, 1.165) is 0 Å². The van der Waals surface area contributed by atoms with Crippen molar-refractivity contribution in [3.05, 3.63) is 24.3 Å². The Kier molecular flexibility index (Phi) is 3.33. The van der Waals surface area contributed by atoms with Gasteiger partial charge in [-0.2, -0.15) is 0 Å². The molecule has 0 aliphatic heterocycles. The van der Waals surface area contributed by atoms with E-state index in [2.05, 4.69) is 0 Å². The molecule has 0 bridgehead atoms. The lowest BCUT2D eigenvalue weighted by atomic mass is 9.83. The summed E-state index contributed by atoms with van der Waals surface area (Å²) in [5.74, 6) is 0. The summed E-state index contributed by atoms with van der Waals surface area (Å²) in [5.41, 5.74) is 0. The van der Waals surface area contributed by atoms with Crippen LogP contribution in [0.2, 0.25) is 6.32 Å². The molecule has 0 aromatic heterocycles. The van der Waals surface area contributed by atoms with E-state index in [1.165, 1.54) is 0 Å². The molecule has 0 saturated heterocycles. The van der Waals surface area contributed by atoms with Crippen LogP contribution < -0.4 is 0 Å². The molecule has 0 aromatic carbocycles. The lowest BCUT2D eigenvalue weighted by Crippen LogP contribution is -2.20. The monoisotopic (exact) mass is 190 g/mol. The third kappa shape index (κ3) is 2.98. The molecule has 0 fully saturated rings. The summed E-state index contributed by atoms with van der Waals surface area (Å²) in [7, 11) is -2.25. The van der Waals surface area contributed by atoms with Crippen LogP contribution in [-0.4, -0.2) is 12.1 Å². The molecule has 0 aromatic rings. The van der Waals surface area contributed by atoms with E-state index in [4.69, 9.17) is 11.6 Å². The first-order valence-electron chi connectivity index (χ1n) is 3.94. The minimum absolute atomic E-state index is 0.123. The minimum Gasteiger partial charge on any atom is -0.287 e. The first-order valence-corrected chi connectivity index (χ1v) is 4.32. The predicted molar refractivity (Wildman–Crippen MR) is 48.9 cm³/mol. The maximum atomic E-state index is 11.9. The highest BCUT2D eigenvalue weighted by atomic mass is 35.5. The zero-order valence-corrected chi connectivity index (χ0v) is 7.40. The lowest BCUT2D eigenvalue weighted by Gasteiger charge is -2.22. The van der Waals surface area contributed by atoms with Gasteiger partial charge in [-0.25, -0.2) is 0 Å². The van der Waals surface area contributed by atoms with Crippen LogP contribution in [0.25, 0.3) is 0 Å². The van der Waals surface area contributed by atoms with Crippen LogP contribution in [0.5, 0.6) is 0 Å². The SMILES string of the molecule is FB(F)CCC1(Cl)C=CC=CC1.